The first-order valence-electron chi connectivity index (χ1n) is 10.6. The van der Waals surface area contributed by atoms with Gasteiger partial charge in [0.15, 0.2) is 0 Å². The number of nitrogens with one attached hydrogen (secondary N) is 2. The van der Waals surface area contributed by atoms with Crippen LogP contribution in [0, 0.1) is 0 Å². The number of carboxylic acids is 1. The van der Waals surface area contributed by atoms with E-state index in [4.69, 9.17) is 5.11 Å². The van der Waals surface area contributed by atoms with Gasteiger partial charge < -0.3 is 15.4 Å². The van der Waals surface area contributed by atoms with Gasteiger partial charge in [-0.15, -0.1) is 0 Å². The molecule has 1 heterocycles. The van der Waals surface area contributed by atoms with Crippen molar-refractivity contribution in [2.45, 2.75) is 51.5 Å². The molecule has 7 nitrogen and oxygen atoms in total. The first kappa shape index (κ1) is 22.2. The zero-order valence-corrected chi connectivity index (χ0v) is 17.6. The molecule has 1 unspecified atom stereocenters. The highest BCUT2D eigenvalue weighted by molar-refractivity contribution is 6.31. The Kier molecular flexibility index (Phi) is 7.54. The Morgan fingerprint density at radius 1 is 1.06 bits per heavy atom. The lowest BCUT2D eigenvalue weighted by Crippen LogP contribution is -2.34. The molecule has 31 heavy (non-hydrogen) atoms. The van der Waals surface area contributed by atoms with Crippen molar-refractivity contribution in [3.63, 3.8) is 0 Å². The fraction of sp³-hybridized carbons (Fsp3) is 0.333. The van der Waals surface area contributed by atoms with Gasteiger partial charge in [-0.05, 0) is 29.7 Å². The third kappa shape index (κ3) is 6.01. The third-order valence-electron chi connectivity index (χ3n) is 5.33. The lowest BCUT2D eigenvalue weighted by Gasteiger charge is -2.15. The number of nitrogens with zero attached hydrogens (tertiary/aromatic N) is 1. The monoisotopic (exact) mass is 421 g/mol. The lowest BCUT2D eigenvalue weighted by molar-refractivity contribution is -0.150. The van der Waals surface area contributed by atoms with E-state index >= 15 is 0 Å². The number of Topliss-reactive ketones (excluding diaryl/α,β-unsaturated/α-hetero) is 1. The first-order chi connectivity index (χ1) is 15.0. The van der Waals surface area contributed by atoms with Crippen molar-refractivity contribution in [2.24, 2.45) is 0 Å². The topological polar surface area (TPSA) is 112 Å². The van der Waals surface area contributed by atoms with Crippen molar-refractivity contribution in [1.82, 2.24) is 15.3 Å². The van der Waals surface area contributed by atoms with E-state index in [0.29, 0.717) is 25.1 Å². The summed E-state index contributed by atoms with van der Waals surface area (Å²) in [4.78, 5) is 41.9. The van der Waals surface area contributed by atoms with Crippen molar-refractivity contribution in [1.29, 1.82) is 0 Å². The Morgan fingerprint density at radius 3 is 2.58 bits per heavy atom. The zero-order valence-electron chi connectivity index (χ0n) is 17.6. The number of benzene rings is 2. The molecule has 162 valence electrons. The second-order valence-electron chi connectivity index (χ2n) is 7.57. The SMILES string of the molecule is CCC(=O)CCCCCC(NC(=O)C(=O)O)c1ncc(-c2ccc3ccccc3c2)[nH]1. The van der Waals surface area contributed by atoms with Crippen LogP contribution in [0.3, 0.4) is 0 Å². The average molecular weight is 421 g/mol. The van der Waals surface area contributed by atoms with E-state index in [-0.39, 0.29) is 5.78 Å². The largest absolute Gasteiger partial charge is 0.474 e. The van der Waals surface area contributed by atoms with Gasteiger partial charge in [-0.2, -0.15) is 0 Å². The van der Waals surface area contributed by atoms with E-state index in [2.05, 4.69) is 21.4 Å². The number of amides is 1. The van der Waals surface area contributed by atoms with E-state index in [1.165, 1.54) is 0 Å². The van der Waals surface area contributed by atoms with Crippen molar-refractivity contribution in [3.05, 3.63) is 54.5 Å². The molecule has 1 atom stereocenters. The molecule has 0 bridgehead atoms. The summed E-state index contributed by atoms with van der Waals surface area (Å²) in [6, 6.07) is 13.6. The van der Waals surface area contributed by atoms with E-state index in [1.807, 2.05) is 43.3 Å². The van der Waals surface area contributed by atoms with Crippen LogP contribution in [-0.4, -0.2) is 32.7 Å². The van der Waals surface area contributed by atoms with Crippen LogP contribution < -0.4 is 5.32 Å². The van der Waals surface area contributed by atoms with E-state index in [0.717, 1.165) is 41.3 Å². The van der Waals surface area contributed by atoms with Gasteiger partial charge >= 0.3 is 11.9 Å². The molecule has 0 aliphatic carbocycles. The molecule has 0 saturated carbocycles. The second-order valence-corrected chi connectivity index (χ2v) is 7.57. The van der Waals surface area contributed by atoms with Crippen LogP contribution in [-0.2, 0) is 14.4 Å². The summed E-state index contributed by atoms with van der Waals surface area (Å²) in [6.45, 7) is 1.85. The molecule has 7 heteroatoms. The maximum Gasteiger partial charge on any atom is 0.394 e. The number of aliphatic carboxylic acids is 1. The molecule has 3 aromatic rings. The van der Waals surface area contributed by atoms with Gasteiger partial charge in [0, 0.05) is 18.4 Å². The van der Waals surface area contributed by atoms with Crippen LogP contribution in [0.15, 0.2) is 48.7 Å². The maximum atomic E-state index is 11.8. The van der Waals surface area contributed by atoms with Crippen LogP contribution >= 0.6 is 0 Å². The van der Waals surface area contributed by atoms with Gasteiger partial charge in [0.25, 0.3) is 0 Å². The van der Waals surface area contributed by atoms with Gasteiger partial charge in [0.05, 0.1) is 17.9 Å². The minimum atomic E-state index is -1.53. The van der Waals surface area contributed by atoms with Crippen molar-refractivity contribution in [3.8, 4) is 11.3 Å². The Balaban J connectivity index is 1.72. The Labute approximate surface area is 180 Å². The summed E-state index contributed by atoms with van der Waals surface area (Å²) >= 11 is 0. The summed E-state index contributed by atoms with van der Waals surface area (Å²) in [5.41, 5.74) is 1.75. The fourth-order valence-electron chi connectivity index (χ4n) is 3.54. The number of fused-ring (bicyclic) bond motifs is 1. The molecule has 0 aliphatic rings. The number of H-pyrrole nitrogens is 1. The summed E-state index contributed by atoms with van der Waals surface area (Å²) in [6.07, 6.45) is 5.67. The Morgan fingerprint density at radius 2 is 1.84 bits per heavy atom. The van der Waals surface area contributed by atoms with Crippen molar-refractivity contribution >= 4 is 28.4 Å². The van der Waals surface area contributed by atoms with E-state index in [9.17, 15) is 14.4 Å². The van der Waals surface area contributed by atoms with Crippen LogP contribution in [0.5, 0.6) is 0 Å². The maximum absolute atomic E-state index is 11.8. The molecule has 1 amide bonds. The fourth-order valence-corrected chi connectivity index (χ4v) is 3.54. The normalized spacial score (nSPS) is 11.9. The molecule has 2 aromatic carbocycles. The van der Waals surface area contributed by atoms with E-state index in [1.54, 1.807) is 6.20 Å². The molecule has 0 spiro atoms. The van der Waals surface area contributed by atoms with Gasteiger partial charge in [0.1, 0.15) is 11.6 Å². The highest BCUT2D eigenvalue weighted by Gasteiger charge is 2.21. The van der Waals surface area contributed by atoms with Crippen LogP contribution in [0.4, 0.5) is 0 Å². The highest BCUT2D eigenvalue weighted by atomic mass is 16.4. The number of hydrogen-bond acceptors (Lipinski definition) is 4. The molecular weight excluding hydrogens is 394 g/mol. The molecule has 0 fully saturated rings. The highest BCUT2D eigenvalue weighted by Crippen LogP contribution is 2.25. The number of imidazole rings is 1. The predicted molar refractivity (Wildman–Crippen MR) is 118 cm³/mol. The van der Waals surface area contributed by atoms with Gasteiger partial charge in [0.2, 0.25) is 0 Å². The van der Waals surface area contributed by atoms with Crippen LogP contribution in [0.25, 0.3) is 22.0 Å². The molecular formula is C24H27N3O4. The lowest BCUT2D eigenvalue weighted by atomic mass is 10.0. The average Bonchev–Trinajstić information content (AvgIpc) is 3.27. The standard InChI is InChI=1S/C24H27N3O4/c1-2-19(28)10-4-3-5-11-20(27-23(29)24(30)31)22-25-15-21(26-22)18-13-12-16-8-6-7-9-17(16)14-18/h6-9,12-15,20H,2-5,10-11H2,1H3,(H,25,26)(H,27,29)(H,30,31). The van der Waals surface area contributed by atoms with E-state index < -0.39 is 17.9 Å². The molecule has 0 radical (unpaired) electrons. The quantitative estimate of drug-likeness (QED) is 0.332. The van der Waals surface area contributed by atoms with Gasteiger partial charge in [-0.25, -0.2) is 9.78 Å². The molecule has 0 aliphatic heterocycles. The summed E-state index contributed by atoms with van der Waals surface area (Å²) < 4.78 is 0. The number of rotatable bonds is 10. The molecule has 1 aromatic heterocycles. The number of hydrogen-bond donors (Lipinski definition) is 3. The first-order valence-corrected chi connectivity index (χ1v) is 10.6. The summed E-state index contributed by atoms with van der Waals surface area (Å²) in [5.74, 6) is -1.83. The number of carbonyl (C=O) groups is 3. The zero-order chi connectivity index (χ0) is 22.2. The Bertz CT molecular complexity index is 1070. The predicted octanol–water partition coefficient (Wildman–Crippen LogP) is 4.40. The summed E-state index contributed by atoms with van der Waals surface area (Å²) in [5, 5.41) is 13.8. The second kappa shape index (κ2) is 10.5. The minimum Gasteiger partial charge on any atom is -0.474 e. The third-order valence-corrected chi connectivity index (χ3v) is 5.33. The van der Waals surface area contributed by atoms with Gasteiger partial charge in [-0.3, -0.25) is 9.59 Å². The smallest absolute Gasteiger partial charge is 0.394 e. The van der Waals surface area contributed by atoms with Crippen LogP contribution in [0.1, 0.15) is 57.3 Å². The summed E-state index contributed by atoms with van der Waals surface area (Å²) in [7, 11) is 0. The van der Waals surface area contributed by atoms with Gasteiger partial charge in [-0.1, -0.05) is 56.2 Å². The number of ketones is 1. The van der Waals surface area contributed by atoms with Crippen molar-refractivity contribution < 1.29 is 19.5 Å². The number of carboxylic acid groups (broad SMARTS) is 1. The number of aromatic nitrogens is 2. The number of unbranched alkanes of at least 4 members (excludes halogenated alkanes) is 2. The molecule has 0 saturated heterocycles. The Hall–Kier alpha value is -3.48. The van der Waals surface area contributed by atoms with Crippen LogP contribution in [0.2, 0.25) is 0 Å². The van der Waals surface area contributed by atoms with Crippen molar-refractivity contribution in [2.75, 3.05) is 0 Å². The number of carbonyl (C=O) groups excluding carboxylic acids is 2. The molecule has 3 N–H and O–H groups in total. The number of aromatic amines is 1. The molecule has 3 rings (SSSR count). The minimum absolute atomic E-state index is 0.238.